The zero-order chi connectivity index (χ0) is 9.56. The van der Waals surface area contributed by atoms with Crippen LogP contribution in [0.3, 0.4) is 0 Å². The Balaban J connectivity index is 3.64. The van der Waals surface area contributed by atoms with Crippen molar-refractivity contribution in [2.24, 2.45) is 5.92 Å². The first-order chi connectivity index (χ1) is 5.57. The van der Waals surface area contributed by atoms with Gasteiger partial charge in [-0.1, -0.05) is 46.7 Å². The third kappa shape index (κ3) is 5.59. The summed E-state index contributed by atoms with van der Waals surface area (Å²) in [5.74, 6) is 0.639. The number of hydrogen-bond donors (Lipinski definition) is 0. The summed E-state index contributed by atoms with van der Waals surface area (Å²) in [7, 11) is 0. The third-order valence-corrected chi connectivity index (χ3v) is 2.74. The summed E-state index contributed by atoms with van der Waals surface area (Å²) in [5.41, 5.74) is 2.71. The normalized spacial score (nSPS) is 12.3. The van der Waals surface area contributed by atoms with Gasteiger partial charge in [0.15, 0.2) is 0 Å². The highest BCUT2D eigenvalue weighted by molar-refractivity contribution is 9.09. The van der Waals surface area contributed by atoms with Gasteiger partial charge in [-0.2, -0.15) is 0 Å². The fourth-order valence-electron chi connectivity index (χ4n) is 0.958. The van der Waals surface area contributed by atoms with Crippen molar-refractivity contribution in [3.05, 3.63) is 23.8 Å². The molecule has 0 amide bonds. The number of allylic oxidation sites excluding steroid dienone is 3. The predicted octanol–water partition coefficient (Wildman–Crippen LogP) is 4.32. The molecule has 0 aromatic carbocycles. The minimum Gasteiger partial charge on any atom is -0.0987 e. The van der Waals surface area contributed by atoms with Crippen LogP contribution in [0.25, 0.3) is 0 Å². The zero-order valence-corrected chi connectivity index (χ0v) is 9.95. The lowest BCUT2D eigenvalue weighted by Gasteiger charge is -2.10. The summed E-state index contributed by atoms with van der Waals surface area (Å²) >= 11 is 3.42. The van der Waals surface area contributed by atoms with E-state index >= 15 is 0 Å². The van der Waals surface area contributed by atoms with Gasteiger partial charge in [0.25, 0.3) is 0 Å². The van der Waals surface area contributed by atoms with Gasteiger partial charge >= 0.3 is 0 Å². The van der Waals surface area contributed by atoms with Crippen molar-refractivity contribution >= 4 is 15.9 Å². The maximum Gasteiger partial charge on any atom is 0.0241 e. The second-order valence-electron chi connectivity index (χ2n) is 3.55. The van der Waals surface area contributed by atoms with Crippen LogP contribution < -0.4 is 0 Å². The molecule has 70 valence electrons. The molecule has 1 atom stereocenters. The molecule has 0 aliphatic heterocycles. The Morgan fingerprint density at radius 2 is 2.08 bits per heavy atom. The summed E-state index contributed by atoms with van der Waals surface area (Å²) in [6.07, 6.45) is 4.68. The molecule has 1 heteroatoms. The Morgan fingerprint density at radius 1 is 1.50 bits per heavy atom. The van der Waals surface area contributed by atoms with Crippen molar-refractivity contribution in [2.45, 2.75) is 33.6 Å². The summed E-state index contributed by atoms with van der Waals surface area (Å²) in [5, 5.41) is 0.934. The molecule has 0 spiro atoms. The molecule has 0 radical (unpaired) electrons. The van der Waals surface area contributed by atoms with E-state index in [0.717, 1.165) is 5.33 Å². The highest BCUT2D eigenvalue weighted by atomic mass is 79.9. The van der Waals surface area contributed by atoms with Gasteiger partial charge in [-0.25, -0.2) is 0 Å². The van der Waals surface area contributed by atoms with Crippen LogP contribution in [0.5, 0.6) is 0 Å². The van der Waals surface area contributed by atoms with Gasteiger partial charge in [0.2, 0.25) is 0 Å². The molecule has 0 nitrogen and oxygen atoms in total. The second kappa shape index (κ2) is 6.47. The number of rotatable bonds is 5. The quantitative estimate of drug-likeness (QED) is 0.488. The van der Waals surface area contributed by atoms with Crippen LogP contribution in [0.15, 0.2) is 23.8 Å². The highest BCUT2D eigenvalue weighted by Gasteiger charge is 2.03. The van der Waals surface area contributed by atoms with Crippen LogP contribution in [-0.2, 0) is 0 Å². The minimum absolute atomic E-state index is 0.639. The van der Waals surface area contributed by atoms with Crippen LogP contribution in [0.4, 0.5) is 0 Å². The highest BCUT2D eigenvalue weighted by Crippen LogP contribution is 2.17. The summed E-state index contributed by atoms with van der Waals surface area (Å²) < 4.78 is 0. The lowest BCUT2D eigenvalue weighted by atomic mass is 9.98. The van der Waals surface area contributed by atoms with E-state index in [1.807, 2.05) is 0 Å². The van der Waals surface area contributed by atoms with Crippen molar-refractivity contribution in [1.29, 1.82) is 0 Å². The third-order valence-electron chi connectivity index (χ3n) is 2.02. The molecule has 12 heavy (non-hydrogen) atoms. The number of halogens is 1. The van der Waals surface area contributed by atoms with E-state index in [9.17, 15) is 0 Å². The molecule has 0 aromatic rings. The summed E-state index contributed by atoms with van der Waals surface area (Å²) in [6.45, 7) is 10.5. The van der Waals surface area contributed by atoms with Crippen LogP contribution in [0.2, 0.25) is 0 Å². The smallest absolute Gasteiger partial charge is 0.0241 e. The average molecular weight is 231 g/mol. The van der Waals surface area contributed by atoms with E-state index in [0.29, 0.717) is 5.92 Å². The van der Waals surface area contributed by atoms with Gasteiger partial charge in [0.1, 0.15) is 0 Å². The maximum absolute atomic E-state index is 4.00. The largest absolute Gasteiger partial charge is 0.0987 e. The Hall–Kier alpha value is -0.0400. The lowest BCUT2D eigenvalue weighted by molar-refractivity contribution is 0.625. The van der Waals surface area contributed by atoms with E-state index in [-0.39, 0.29) is 0 Å². The van der Waals surface area contributed by atoms with Crippen LogP contribution in [-0.4, -0.2) is 5.33 Å². The molecule has 0 saturated carbocycles. The Bertz CT molecular complexity index is 164. The fourth-order valence-corrected chi connectivity index (χ4v) is 1.51. The standard InChI is InChI=1S/C11H19Br/c1-9(2)6-5-7-10(3)11(4)8-12/h6,10H,4-5,7-8H2,1-3H3/t10-/m1/s1. The van der Waals surface area contributed by atoms with E-state index in [1.54, 1.807) is 0 Å². The van der Waals surface area contributed by atoms with Crippen molar-refractivity contribution < 1.29 is 0 Å². The summed E-state index contributed by atoms with van der Waals surface area (Å²) in [6, 6.07) is 0. The monoisotopic (exact) mass is 230 g/mol. The minimum atomic E-state index is 0.639. The predicted molar refractivity (Wildman–Crippen MR) is 60.8 cm³/mol. The second-order valence-corrected chi connectivity index (χ2v) is 4.11. The molecule has 0 unspecified atom stereocenters. The van der Waals surface area contributed by atoms with Gasteiger partial charge in [-0.15, -0.1) is 0 Å². The van der Waals surface area contributed by atoms with Crippen molar-refractivity contribution in [3.8, 4) is 0 Å². The van der Waals surface area contributed by atoms with E-state index in [4.69, 9.17) is 0 Å². The molecule has 0 bridgehead atoms. The first-order valence-electron chi connectivity index (χ1n) is 4.45. The molecule has 0 saturated heterocycles. The average Bonchev–Trinajstić information content (AvgIpc) is 2.02. The topological polar surface area (TPSA) is 0 Å². The number of alkyl halides is 1. The van der Waals surface area contributed by atoms with Gasteiger partial charge in [-0.05, 0) is 32.6 Å². The van der Waals surface area contributed by atoms with Crippen molar-refractivity contribution in [2.75, 3.05) is 5.33 Å². The van der Waals surface area contributed by atoms with Gasteiger partial charge in [0, 0.05) is 5.33 Å². The number of hydrogen-bond acceptors (Lipinski definition) is 0. The summed E-state index contributed by atoms with van der Waals surface area (Å²) in [4.78, 5) is 0. The lowest BCUT2D eigenvalue weighted by Crippen LogP contribution is -1.98. The van der Waals surface area contributed by atoms with Gasteiger partial charge in [0.05, 0.1) is 0 Å². The van der Waals surface area contributed by atoms with Gasteiger partial charge in [-0.3, -0.25) is 0 Å². The van der Waals surface area contributed by atoms with E-state index < -0.39 is 0 Å². The van der Waals surface area contributed by atoms with Gasteiger partial charge < -0.3 is 0 Å². The molecule has 0 aliphatic carbocycles. The first-order valence-corrected chi connectivity index (χ1v) is 5.57. The molecule has 0 aromatic heterocycles. The molecule has 0 heterocycles. The SMILES string of the molecule is C=C(CBr)[C@H](C)CCC=C(C)C. The van der Waals surface area contributed by atoms with Crippen molar-refractivity contribution in [3.63, 3.8) is 0 Å². The Morgan fingerprint density at radius 3 is 2.50 bits per heavy atom. The van der Waals surface area contributed by atoms with E-state index in [2.05, 4.69) is 49.4 Å². The molecule has 0 fully saturated rings. The molecule has 0 aliphatic rings. The molecular weight excluding hydrogens is 212 g/mol. The van der Waals surface area contributed by atoms with Crippen LogP contribution >= 0.6 is 15.9 Å². The van der Waals surface area contributed by atoms with Crippen LogP contribution in [0, 0.1) is 5.92 Å². The van der Waals surface area contributed by atoms with E-state index in [1.165, 1.54) is 24.0 Å². The molecule has 0 N–H and O–H groups in total. The first kappa shape index (κ1) is 12.0. The van der Waals surface area contributed by atoms with Crippen LogP contribution in [0.1, 0.15) is 33.6 Å². The maximum atomic E-state index is 4.00. The molecular formula is C11H19Br. The molecule has 0 rings (SSSR count). The fraction of sp³-hybridized carbons (Fsp3) is 0.636. The zero-order valence-electron chi connectivity index (χ0n) is 8.36. The Labute approximate surface area is 84.9 Å². The Kier molecular flexibility index (Phi) is 6.45. The van der Waals surface area contributed by atoms with Crippen molar-refractivity contribution in [1.82, 2.24) is 0 Å².